The van der Waals surface area contributed by atoms with Crippen LogP contribution in [0, 0.1) is 0 Å². The minimum Gasteiger partial charge on any atom is -0.490 e. The minimum atomic E-state index is -2.95. The molecule has 1 aliphatic rings. The fraction of sp³-hybridized carbons (Fsp3) is 0.533. The minimum absolute atomic E-state index is 0.0637. The van der Waals surface area contributed by atoms with Gasteiger partial charge in [0.25, 0.3) is 0 Å². The van der Waals surface area contributed by atoms with Crippen LogP contribution in [0.3, 0.4) is 0 Å². The van der Waals surface area contributed by atoms with Crippen LogP contribution in [0.5, 0.6) is 11.5 Å². The van der Waals surface area contributed by atoms with Crippen molar-refractivity contribution in [3.8, 4) is 11.5 Å². The van der Waals surface area contributed by atoms with E-state index in [0.29, 0.717) is 5.56 Å². The molecule has 0 radical (unpaired) electrons. The molecule has 0 saturated carbocycles. The number of aliphatic hydroxyl groups excluding tert-OH is 1. The maximum absolute atomic E-state index is 12.2. The Bertz CT molecular complexity index is 573. The van der Waals surface area contributed by atoms with E-state index >= 15 is 0 Å². The molecule has 1 aromatic rings. The molecule has 2 rings (SSSR count). The zero-order chi connectivity index (χ0) is 17.2. The maximum Gasteiger partial charge on any atom is 0.408 e. The first kappa shape index (κ1) is 17.3. The van der Waals surface area contributed by atoms with E-state index in [1.54, 1.807) is 20.8 Å². The number of nitrogens with one attached hydrogen (secondary N) is 1. The number of amides is 1. The van der Waals surface area contributed by atoms with Gasteiger partial charge < -0.3 is 24.6 Å². The standard InChI is InChI=1S/C15H19F2NO5/c1-15(2,3)23-14(20)18-12-9-5-4-8(22-13(16)17)6-11(9)21-7-10(12)19/h4-6,10,12-13,19H,7H2,1-3H3,(H,18,20)/t10-,12+/m0/s1. The number of carbonyl (C=O) groups excluding carboxylic acids is 1. The van der Waals surface area contributed by atoms with Crippen LogP contribution in [0.25, 0.3) is 0 Å². The van der Waals surface area contributed by atoms with E-state index in [1.165, 1.54) is 18.2 Å². The molecule has 2 N–H and O–H groups in total. The van der Waals surface area contributed by atoms with Crippen LogP contribution in [0.15, 0.2) is 18.2 Å². The van der Waals surface area contributed by atoms with Gasteiger partial charge in [0.15, 0.2) is 0 Å². The summed E-state index contributed by atoms with van der Waals surface area (Å²) >= 11 is 0. The second-order valence-electron chi connectivity index (χ2n) is 6.08. The first-order valence-corrected chi connectivity index (χ1v) is 7.05. The molecule has 8 heteroatoms. The van der Waals surface area contributed by atoms with E-state index in [1.807, 2.05) is 0 Å². The number of hydrogen-bond acceptors (Lipinski definition) is 5. The summed E-state index contributed by atoms with van der Waals surface area (Å²) < 4.78 is 39.2. The second-order valence-corrected chi connectivity index (χ2v) is 6.08. The van der Waals surface area contributed by atoms with Gasteiger partial charge in [-0.05, 0) is 32.9 Å². The number of hydrogen-bond donors (Lipinski definition) is 2. The zero-order valence-corrected chi connectivity index (χ0v) is 13.0. The fourth-order valence-electron chi connectivity index (χ4n) is 2.16. The summed E-state index contributed by atoms with van der Waals surface area (Å²) in [5.41, 5.74) is -0.228. The van der Waals surface area contributed by atoms with Gasteiger partial charge >= 0.3 is 12.7 Å². The molecular formula is C15H19F2NO5. The van der Waals surface area contributed by atoms with Crippen molar-refractivity contribution in [2.75, 3.05) is 6.61 Å². The van der Waals surface area contributed by atoms with Gasteiger partial charge in [0, 0.05) is 11.6 Å². The van der Waals surface area contributed by atoms with Gasteiger partial charge in [-0.2, -0.15) is 8.78 Å². The van der Waals surface area contributed by atoms with Crippen LogP contribution in [-0.4, -0.2) is 36.1 Å². The first-order valence-electron chi connectivity index (χ1n) is 7.05. The lowest BCUT2D eigenvalue weighted by atomic mass is 9.98. The summed E-state index contributed by atoms with van der Waals surface area (Å²) in [5.74, 6) is 0.195. The fourth-order valence-corrected chi connectivity index (χ4v) is 2.16. The number of alkyl carbamates (subject to hydrolysis) is 1. The van der Waals surface area contributed by atoms with Crippen molar-refractivity contribution in [2.24, 2.45) is 0 Å². The lowest BCUT2D eigenvalue weighted by Crippen LogP contribution is -2.43. The monoisotopic (exact) mass is 331 g/mol. The Balaban J connectivity index is 2.17. The van der Waals surface area contributed by atoms with Crippen LogP contribution in [0.4, 0.5) is 13.6 Å². The molecular weight excluding hydrogens is 312 g/mol. The Morgan fingerprint density at radius 2 is 2.13 bits per heavy atom. The normalized spacial score (nSPS) is 20.5. The number of rotatable bonds is 3. The number of aliphatic hydroxyl groups is 1. The number of halogens is 2. The van der Waals surface area contributed by atoms with E-state index in [9.17, 15) is 18.7 Å². The summed E-state index contributed by atoms with van der Waals surface area (Å²) in [7, 11) is 0. The number of fused-ring (bicyclic) bond motifs is 1. The highest BCUT2D eigenvalue weighted by Crippen LogP contribution is 2.35. The molecule has 0 aliphatic carbocycles. The first-order chi connectivity index (χ1) is 10.7. The summed E-state index contributed by atoms with van der Waals surface area (Å²) in [6.45, 7) is 2.11. The summed E-state index contributed by atoms with van der Waals surface area (Å²) in [5, 5.41) is 12.6. The summed E-state index contributed by atoms with van der Waals surface area (Å²) in [6, 6.07) is 3.29. The predicted molar refractivity (Wildman–Crippen MR) is 76.7 cm³/mol. The molecule has 0 spiro atoms. The molecule has 0 unspecified atom stereocenters. The predicted octanol–water partition coefficient (Wildman–Crippen LogP) is 2.61. The van der Waals surface area contributed by atoms with Crippen molar-refractivity contribution >= 4 is 6.09 Å². The summed E-state index contributed by atoms with van der Waals surface area (Å²) in [4.78, 5) is 11.9. The quantitative estimate of drug-likeness (QED) is 0.890. The van der Waals surface area contributed by atoms with Gasteiger partial charge in [-0.1, -0.05) is 0 Å². The van der Waals surface area contributed by atoms with E-state index in [2.05, 4.69) is 10.1 Å². The molecule has 23 heavy (non-hydrogen) atoms. The largest absolute Gasteiger partial charge is 0.490 e. The lowest BCUT2D eigenvalue weighted by Gasteiger charge is -2.32. The van der Waals surface area contributed by atoms with Crippen molar-refractivity contribution in [1.29, 1.82) is 0 Å². The molecule has 0 bridgehead atoms. The van der Waals surface area contributed by atoms with E-state index < -0.39 is 30.5 Å². The van der Waals surface area contributed by atoms with Crippen LogP contribution < -0.4 is 14.8 Å². The molecule has 128 valence electrons. The van der Waals surface area contributed by atoms with Crippen molar-refractivity contribution in [3.05, 3.63) is 23.8 Å². The van der Waals surface area contributed by atoms with Crippen LogP contribution in [-0.2, 0) is 4.74 Å². The van der Waals surface area contributed by atoms with Gasteiger partial charge in [-0.25, -0.2) is 4.79 Å². The molecule has 6 nitrogen and oxygen atoms in total. The molecule has 2 atom stereocenters. The molecule has 1 aliphatic heterocycles. The molecule has 0 saturated heterocycles. The van der Waals surface area contributed by atoms with Gasteiger partial charge in [0.2, 0.25) is 0 Å². The highest BCUT2D eigenvalue weighted by molar-refractivity contribution is 5.69. The smallest absolute Gasteiger partial charge is 0.408 e. The Kier molecular flexibility index (Phi) is 4.93. The van der Waals surface area contributed by atoms with E-state index in [0.717, 1.165) is 0 Å². The average Bonchev–Trinajstić information content (AvgIpc) is 2.39. The topological polar surface area (TPSA) is 77.0 Å². The van der Waals surface area contributed by atoms with Crippen molar-refractivity contribution in [2.45, 2.75) is 45.1 Å². The Morgan fingerprint density at radius 1 is 1.43 bits per heavy atom. The van der Waals surface area contributed by atoms with E-state index in [4.69, 9.17) is 9.47 Å². The third kappa shape index (κ3) is 4.69. The van der Waals surface area contributed by atoms with Gasteiger partial charge in [-0.3, -0.25) is 0 Å². The van der Waals surface area contributed by atoms with Crippen molar-refractivity contribution in [1.82, 2.24) is 5.32 Å². The maximum atomic E-state index is 12.2. The zero-order valence-electron chi connectivity index (χ0n) is 13.0. The number of carbonyl (C=O) groups is 1. The lowest BCUT2D eigenvalue weighted by molar-refractivity contribution is -0.0501. The van der Waals surface area contributed by atoms with Gasteiger partial charge in [-0.15, -0.1) is 0 Å². The number of alkyl halides is 2. The molecule has 1 amide bonds. The third-order valence-electron chi connectivity index (χ3n) is 3.01. The second kappa shape index (κ2) is 6.57. The van der Waals surface area contributed by atoms with Crippen LogP contribution in [0.1, 0.15) is 32.4 Å². The van der Waals surface area contributed by atoms with Crippen LogP contribution in [0.2, 0.25) is 0 Å². The van der Waals surface area contributed by atoms with Crippen molar-refractivity contribution < 1.29 is 32.9 Å². The third-order valence-corrected chi connectivity index (χ3v) is 3.01. The Morgan fingerprint density at radius 3 is 2.74 bits per heavy atom. The SMILES string of the molecule is CC(C)(C)OC(=O)N[C@@H]1c2ccc(OC(F)F)cc2OC[C@@H]1O. The Labute approximate surface area is 132 Å². The Hall–Kier alpha value is -2.09. The van der Waals surface area contributed by atoms with Gasteiger partial charge in [0.1, 0.15) is 29.8 Å². The van der Waals surface area contributed by atoms with Crippen molar-refractivity contribution in [3.63, 3.8) is 0 Å². The molecule has 0 fully saturated rings. The van der Waals surface area contributed by atoms with Crippen LogP contribution >= 0.6 is 0 Å². The number of benzene rings is 1. The molecule has 1 heterocycles. The number of ether oxygens (including phenoxy) is 3. The highest BCUT2D eigenvalue weighted by atomic mass is 19.3. The average molecular weight is 331 g/mol. The van der Waals surface area contributed by atoms with E-state index in [-0.39, 0.29) is 18.1 Å². The molecule has 0 aromatic heterocycles. The molecule has 1 aromatic carbocycles. The van der Waals surface area contributed by atoms with Gasteiger partial charge in [0.05, 0.1) is 6.04 Å². The summed E-state index contributed by atoms with van der Waals surface area (Å²) in [6.07, 6.45) is -1.68. The highest BCUT2D eigenvalue weighted by Gasteiger charge is 2.32.